The zero-order valence-corrected chi connectivity index (χ0v) is 10.3. The molecule has 2 aliphatic heterocycles. The van der Waals surface area contributed by atoms with Crippen molar-refractivity contribution in [1.29, 1.82) is 0 Å². The van der Waals surface area contributed by atoms with Gasteiger partial charge in [-0.05, 0) is 31.0 Å². The van der Waals surface area contributed by atoms with Crippen LogP contribution in [-0.4, -0.2) is 31.6 Å². The second-order valence-corrected chi connectivity index (χ2v) is 5.02. The molecule has 0 aromatic heterocycles. The molecule has 1 fully saturated rings. The normalized spacial score (nSPS) is 26.2. The van der Waals surface area contributed by atoms with E-state index in [1.54, 1.807) is 0 Å². The fourth-order valence-corrected chi connectivity index (χ4v) is 2.59. The van der Waals surface area contributed by atoms with Crippen molar-refractivity contribution in [1.82, 2.24) is 10.6 Å². The largest absolute Gasteiger partial charge is 0.492 e. The molecule has 4 heteroatoms. The Morgan fingerprint density at radius 2 is 2.28 bits per heavy atom. The topological polar surface area (TPSA) is 50.4 Å². The molecule has 0 bridgehead atoms. The maximum atomic E-state index is 12.1. The van der Waals surface area contributed by atoms with E-state index >= 15 is 0 Å². The number of para-hydroxylation sites is 1. The summed E-state index contributed by atoms with van der Waals surface area (Å²) in [6, 6.07) is 8.23. The molecular formula is C14H18N2O2. The fourth-order valence-electron chi connectivity index (χ4n) is 2.59. The Morgan fingerprint density at radius 3 is 3.11 bits per heavy atom. The molecular weight excluding hydrogens is 228 g/mol. The quantitative estimate of drug-likeness (QED) is 0.808. The fraction of sp³-hybridized carbons (Fsp3) is 0.500. The maximum absolute atomic E-state index is 12.1. The predicted octanol–water partition coefficient (Wildman–Crippen LogP) is 0.716. The summed E-state index contributed by atoms with van der Waals surface area (Å²) >= 11 is 0. The molecule has 3 rings (SSSR count). The van der Waals surface area contributed by atoms with Crippen LogP contribution in [0.5, 0.6) is 5.75 Å². The van der Waals surface area contributed by atoms with Crippen molar-refractivity contribution in [2.24, 2.45) is 5.92 Å². The highest BCUT2D eigenvalue weighted by Gasteiger charge is 2.27. The monoisotopic (exact) mass is 246 g/mol. The number of carbonyl (C=O) groups is 1. The smallest absolute Gasteiger partial charge is 0.227 e. The van der Waals surface area contributed by atoms with Crippen molar-refractivity contribution in [2.45, 2.75) is 18.9 Å². The molecule has 1 aromatic carbocycles. The van der Waals surface area contributed by atoms with Crippen molar-refractivity contribution in [3.05, 3.63) is 29.8 Å². The van der Waals surface area contributed by atoms with Gasteiger partial charge in [-0.15, -0.1) is 0 Å². The highest BCUT2D eigenvalue weighted by Crippen LogP contribution is 2.26. The first-order valence-corrected chi connectivity index (χ1v) is 6.55. The van der Waals surface area contributed by atoms with Crippen LogP contribution < -0.4 is 15.4 Å². The molecule has 18 heavy (non-hydrogen) atoms. The molecule has 1 aromatic rings. The number of ether oxygens (including phenoxy) is 1. The molecule has 0 saturated carbocycles. The van der Waals surface area contributed by atoms with Gasteiger partial charge >= 0.3 is 0 Å². The number of nitrogens with one attached hydrogen (secondary N) is 2. The van der Waals surface area contributed by atoms with Crippen molar-refractivity contribution in [3.63, 3.8) is 0 Å². The van der Waals surface area contributed by atoms with Crippen LogP contribution in [0.15, 0.2) is 24.3 Å². The SMILES string of the molecule is O=C(NC1CCNC1)C1COc2ccccc2C1. The molecule has 96 valence electrons. The van der Waals surface area contributed by atoms with Gasteiger partial charge in [0, 0.05) is 12.6 Å². The highest BCUT2D eigenvalue weighted by molar-refractivity contribution is 5.80. The Balaban J connectivity index is 1.62. The first-order valence-electron chi connectivity index (χ1n) is 6.55. The third-order valence-electron chi connectivity index (χ3n) is 3.66. The van der Waals surface area contributed by atoms with Gasteiger partial charge in [0.15, 0.2) is 0 Å². The van der Waals surface area contributed by atoms with Crippen LogP contribution in [0, 0.1) is 5.92 Å². The van der Waals surface area contributed by atoms with Crippen LogP contribution in [0.4, 0.5) is 0 Å². The zero-order chi connectivity index (χ0) is 12.4. The number of benzene rings is 1. The summed E-state index contributed by atoms with van der Waals surface area (Å²) in [7, 11) is 0. The van der Waals surface area contributed by atoms with E-state index < -0.39 is 0 Å². The maximum Gasteiger partial charge on any atom is 0.227 e. The molecule has 4 nitrogen and oxygen atoms in total. The van der Waals surface area contributed by atoms with E-state index in [9.17, 15) is 4.79 Å². The molecule has 0 spiro atoms. The summed E-state index contributed by atoms with van der Waals surface area (Å²) < 4.78 is 5.65. The van der Waals surface area contributed by atoms with E-state index in [1.807, 2.05) is 24.3 Å². The van der Waals surface area contributed by atoms with Crippen LogP contribution >= 0.6 is 0 Å². The van der Waals surface area contributed by atoms with E-state index in [0.29, 0.717) is 6.61 Å². The number of amides is 1. The molecule has 2 N–H and O–H groups in total. The Morgan fingerprint density at radius 1 is 1.39 bits per heavy atom. The lowest BCUT2D eigenvalue weighted by atomic mass is 9.96. The van der Waals surface area contributed by atoms with Gasteiger partial charge in [-0.1, -0.05) is 18.2 Å². The number of rotatable bonds is 2. The summed E-state index contributed by atoms with van der Waals surface area (Å²) in [6.45, 7) is 2.37. The van der Waals surface area contributed by atoms with Crippen molar-refractivity contribution < 1.29 is 9.53 Å². The van der Waals surface area contributed by atoms with Crippen molar-refractivity contribution in [2.75, 3.05) is 19.7 Å². The van der Waals surface area contributed by atoms with Crippen molar-refractivity contribution in [3.8, 4) is 5.75 Å². The molecule has 2 heterocycles. The van der Waals surface area contributed by atoms with Gasteiger partial charge in [-0.3, -0.25) is 4.79 Å². The van der Waals surface area contributed by atoms with Crippen LogP contribution in [0.1, 0.15) is 12.0 Å². The first-order chi connectivity index (χ1) is 8.83. The summed E-state index contributed by atoms with van der Waals surface area (Å²) in [5.41, 5.74) is 1.13. The Labute approximate surface area is 107 Å². The van der Waals surface area contributed by atoms with Crippen LogP contribution in [0.3, 0.4) is 0 Å². The Hall–Kier alpha value is -1.55. The standard InChI is InChI=1S/C14H18N2O2/c17-14(16-12-5-6-15-8-12)11-7-10-3-1-2-4-13(10)18-9-11/h1-4,11-12,15H,5-9H2,(H,16,17). The van der Waals surface area contributed by atoms with Crippen LogP contribution in [-0.2, 0) is 11.2 Å². The molecule has 1 saturated heterocycles. The number of hydrogen-bond acceptors (Lipinski definition) is 3. The summed E-state index contributed by atoms with van der Waals surface area (Å²) in [5, 5.41) is 6.35. The van der Waals surface area contributed by atoms with Gasteiger partial charge in [0.05, 0.1) is 5.92 Å². The van der Waals surface area contributed by atoms with Crippen LogP contribution in [0.2, 0.25) is 0 Å². The lowest BCUT2D eigenvalue weighted by Gasteiger charge is -2.25. The average Bonchev–Trinajstić information content (AvgIpc) is 2.91. The minimum atomic E-state index is -0.0551. The Kier molecular flexibility index (Phi) is 3.19. The molecule has 2 unspecified atom stereocenters. The zero-order valence-electron chi connectivity index (χ0n) is 10.3. The molecule has 1 amide bonds. The van der Waals surface area contributed by atoms with Gasteiger partial charge in [0.1, 0.15) is 12.4 Å². The number of fused-ring (bicyclic) bond motifs is 1. The van der Waals surface area contributed by atoms with E-state index in [0.717, 1.165) is 37.2 Å². The molecule has 0 radical (unpaired) electrons. The van der Waals surface area contributed by atoms with E-state index in [4.69, 9.17) is 4.74 Å². The summed E-state index contributed by atoms with van der Waals surface area (Å²) in [4.78, 5) is 12.1. The summed E-state index contributed by atoms with van der Waals surface area (Å²) in [5.74, 6) is 0.989. The third kappa shape index (κ3) is 2.34. The minimum absolute atomic E-state index is 0.0551. The second kappa shape index (κ2) is 4.98. The summed E-state index contributed by atoms with van der Waals surface area (Å²) in [6.07, 6.45) is 1.80. The third-order valence-corrected chi connectivity index (χ3v) is 3.66. The predicted molar refractivity (Wildman–Crippen MR) is 68.5 cm³/mol. The molecule has 2 atom stereocenters. The van der Waals surface area contributed by atoms with Gasteiger partial charge in [0.25, 0.3) is 0 Å². The van der Waals surface area contributed by atoms with E-state index in [-0.39, 0.29) is 17.9 Å². The van der Waals surface area contributed by atoms with Gasteiger partial charge in [0.2, 0.25) is 5.91 Å². The number of carbonyl (C=O) groups excluding carboxylic acids is 1. The minimum Gasteiger partial charge on any atom is -0.492 e. The average molecular weight is 246 g/mol. The van der Waals surface area contributed by atoms with Crippen molar-refractivity contribution >= 4 is 5.91 Å². The van der Waals surface area contributed by atoms with E-state index in [2.05, 4.69) is 10.6 Å². The van der Waals surface area contributed by atoms with Gasteiger partial charge in [-0.2, -0.15) is 0 Å². The van der Waals surface area contributed by atoms with E-state index in [1.165, 1.54) is 0 Å². The van der Waals surface area contributed by atoms with Gasteiger partial charge in [-0.25, -0.2) is 0 Å². The molecule has 0 aliphatic carbocycles. The first kappa shape index (κ1) is 11.5. The lowest BCUT2D eigenvalue weighted by Crippen LogP contribution is -2.43. The lowest BCUT2D eigenvalue weighted by molar-refractivity contribution is -0.126. The highest BCUT2D eigenvalue weighted by atomic mass is 16.5. The Bertz CT molecular complexity index is 441. The van der Waals surface area contributed by atoms with Gasteiger partial charge < -0.3 is 15.4 Å². The molecule has 2 aliphatic rings. The van der Waals surface area contributed by atoms with Crippen LogP contribution in [0.25, 0.3) is 0 Å². The number of hydrogen-bond donors (Lipinski definition) is 2. The second-order valence-electron chi connectivity index (χ2n) is 5.02.